The van der Waals surface area contributed by atoms with E-state index in [0.717, 1.165) is 5.56 Å². The third kappa shape index (κ3) is 13.0. The number of alkyl halides is 2. The van der Waals surface area contributed by atoms with Crippen LogP contribution in [0.5, 0.6) is 0 Å². The normalized spacial score (nSPS) is 13.4. The number of nitrogens with two attached hydrogens (primary N) is 1. The minimum absolute atomic E-state index is 0.107. The zero-order valence-electron chi connectivity index (χ0n) is 18.1. The van der Waals surface area contributed by atoms with Gasteiger partial charge in [0.1, 0.15) is 18.7 Å². The van der Waals surface area contributed by atoms with Gasteiger partial charge in [-0.15, -0.1) is 0 Å². The number of amides is 1. The fraction of sp³-hybridized carbons (Fsp3) is 0.429. The first-order valence-corrected chi connectivity index (χ1v) is 9.20. The Hall–Kier alpha value is -2.90. The molecule has 0 radical (unpaired) electrons. The number of allylic oxidation sites excluding steroid dienone is 4. The molecule has 0 spiro atoms. The Morgan fingerprint density at radius 2 is 1.93 bits per heavy atom. The highest BCUT2D eigenvalue weighted by Gasteiger charge is 2.28. The molecule has 29 heavy (non-hydrogen) atoms. The zero-order valence-corrected chi connectivity index (χ0v) is 18.1. The number of rotatable bonds is 6. The van der Waals surface area contributed by atoms with E-state index in [2.05, 4.69) is 20.3 Å². The van der Waals surface area contributed by atoms with Gasteiger partial charge in [0.15, 0.2) is 5.67 Å². The Morgan fingerprint density at radius 1 is 1.31 bits per heavy atom. The highest BCUT2D eigenvalue weighted by atomic mass is 19.2. The van der Waals surface area contributed by atoms with Crippen LogP contribution in [0.25, 0.3) is 0 Å². The maximum absolute atomic E-state index is 13.4. The molecule has 1 aromatic rings. The molecule has 1 unspecified atom stereocenters. The van der Waals surface area contributed by atoms with Gasteiger partial charge < -0.3 is 11.1 Å². The van der Waals surface area contributed by atoms with Crippen molar-refractivity contribution in [1.82, 2.24) is 15.3 Å². The summed E-state index contributed by atoms with van der Waals surface area (Å²) in [6, 6.07) is 0. The number of nitrogens with zero attached hydrogens (tertiary/aromatic N) is 3. The number of hydrogen-bond acceptors (Lipinski definition) is 5. The van der Waals surface area contributed by atoms with Crippen molar-refractivity contribution >= 4 is 11.6 Å². The summed E-state index contributed by atoms with van der Waals surface area (Å²) >= 11 is 0. The number of carbonyl (C=O) groups excluding carboxylic acids is 1. The van der Waals surface area contributed by atoms with Gasteiger partial charge in [-0.3, -0.25) is 9.79 Å². The number of carbonyl (C=O) groups is 1. The molecule has 8 heteroatoms. The summed E-state index contributed by atoms with van der Waals surface area (Å²) in [5.41, 5.74) is 4.21. The van der Waals surface area contributed by atoms with Crippen molar-refractivity contribution in [3.63, 3.8) is 0 Å². The maximum Gasteiger partial charge on any atom is 0.270 e. The fourth-order valence-corrected chi connectivity index (χ4v) is 1.61. The summed E-state index contributed by atoms with van der Waals surface area (Å²) in [5, 5.41) is 2.67. The van der Waals surface area contributed by atoms with E-state index >= 15 is 0 Å². The summed E-state index contributed by atoms with van der Waals surface area (Å²) in [6.45, 7) is 9.78. The molecular formula is C21H33F2N5O. The summed E-state index contributed by atoms with van der Waals surface area (Å²) in [5.74, 6) is -0.141. The van der Waals surface area contributed by atoms with Crippen molar-refractivity contribution in [2.75, 3.05) is 13.2 Å². The SMILES string of the molecule is C/C=C/N.CCNC(=O)c1ncncc1C.C\C=C/N=C(\C=C/C)C(C)(F)CF. The average Bonchev–Trinajstić information content (AvgIpc) is 2.72. The molecular weight excluding hydrogens is 376 g/mol. The van der Waals surface area contributed by atoms with E-state index in [1.165, 1.54) is 31.7 Å². The lowest BCUT2D eigenvalue weighted by Crippen LogP contribution is -2.31. The van der Waals surface area contributed by atoms with E-state index in [0.29, 0.717) is 12.2 Å². The largest absolute Gasteiger partial charge is 0.405 e. The standard InChI is InChI=1S/C10H15F2N.C8H11N3O.C3H7N/c1-4-6-9(13-7-5-2)10(3,12)8-11;1-3-10-8(12)7-6(2)4-9-5-11-7;1-2-3-4/h4-7H,8H2,1-3H3;4-5H,3H2,1-2H3,(H,10,12);2-3H,4H2,1H3/b6-4-,7-5-,13-9+;;3-2+. The summed E-state index contributed by atoms with van der Waals surface area (Å²) in [6.07, 6.45) is 12.5. The lowest BCUT2D eigenvalue weighted by Gasteiger charge is -2.15. The Morgan fingerprint density at radius 3 is 2.34 bits per heavy atom. The van der Waals surface area contributed by atoms with Crippen molar-refractivity contribution in [3.05, 3.63) is 60.5 Å². The molecule has 0 saturated heterocycles. The van der Waals surface area contributed by atoms with Gasteiger partial charge in [-0.25, -0.2) is 18.7 Å². The average molecular weight is 410 g/mol. The second kappa shape index (κ2) is 17.2. The van der Waals surface area contributed by atoms with Crippen LogP contribution in [0.15, 0.2) is 54.2 Å². The molecule has 0 aliphatic rings. The molecule has 0 aliphatic heterocycles. The van der Waals surface area contributed by atoms with Crippen LogP contribution in [0.4, 0.5) is 8.78 Å². The monoisotopic (exact) mass is 409 g/mol. The Labute approximate surface area is 172 Å². The fourth-order valence-electron chi connectivity index (χ4n) is 1.61. The third-order valence-electron chi connectivity index (χ3n) is 3.11. The summed E-state index contributed by atoms with van der Waals surface area (Å²) in [4.78, 5) is 22.7. The molecule has 0 saturated carbocycles. The smallest absolute Gasteiger partial charge is 0.270 e. The van der Waals surface area contributed by atoms with Crippen LogP contribution in [0.1, 0.15) is 50.7 Å². The van der Waals surface area contributed by atoms with Gasteiger partial charge in [-0.1, -0.05) is 18.2 Å². The van der Waals surface area contributed by atoms with Gasteiger partial charge >= 0.3 is 0 Å². The predicted octanol–water partition coefficient (Wildman–Crippen LogP) is 4.25. The zero-order chi connectivity index (χ0) is 22.7. The van der Waals surface area contributed by atoms with Crippen LogP contribution < -0.4 is 11.1 Å². The van der Waals surface area contributed by atoms with Crippen LogP contribution in [-0.2, 0) is 0 Å². The van der Waals surface area contributed by atoms with E-state index in [1.807, 2.05) is 20.8 Å². The Kier molecular flexibility index (Phi) is 16.8. The number of aryl methyl sites for hydroxylation is 1. The predicted molar refractivity (Wildman–Crippen MR) is 116 cm³/mol. The van der Waals surface area contributed by atoms with Gasteiger partial charge in [-0.05, 0) is 59.4 Å². The number of aromatic nitrogens is 2. The lowest BCUT2D eigenvalue weighted by atomic mass is 10.0. The maximum atomic E-state index is 13.4. The van der Waals surface area contributed by atoms with E-state index < -0.39 is 12.3 Å². The number of hydrogen-bond donors (Lipinski definition) is 2. The minimum atomic E-state index is -1.99. The first-order chi connectivity index (χ1) is 13.7. The van der Waals surface area contributed by atoms with Gasteiger partial charge in [0, 0.05) is 18.9 Å². The molecule has 1 amide bonds. The molecule has 1 atom stereocenters. The highest BCUT2D eigenvalue weighted by molar-refractivity contribution is 6.01. The molecule has 1 aromatic heterocycles. The summed E-state index contributed by atoms with van der Waals surface area (Å²) < 4.78 is 25.7. The van der Waals surface area contributed by atoms with E-state index in [-0.39, 0.29) is 11.6 Å². The van der Waals surface area contributed by atoms with Crippen molar-refractivity contribution in [1.29, 1.82) is 0 Å². The van der Waals surface area contributed by atoms with Crippen molar-refractivity contribution in [2.24, 2.45) is 10.7 Å². The van der Waals surface area contributed by atoms with Gasteiger partial charge in [0.25, 0.3) is 5.91 Å². The van der Waals surface area contributed by atoms with E-state index in [1.54, 1.807) is 38.3 Å². The first-order valence-electron chi connectivity index (χ1n) is 9.20. The Balaban J connectivity index is 0. The van der Waals surface area contributed by atoms with Gasteiger partial charge in [0.05, 0.1) is 5.71 Å². The van der Waals surface area contributed by atoms with E-state index in [9.17, 15) is 13.6 Å². The second-order valence-corrected chi connectivity index (χ2v) is 5.77. The molecule has 1 rings (SSSR count). The van der Waals surface area contributed by atoms with Crippen molar-refractivity contribution in [2.45, 2.75) is 47.2 Å². The number of aliphatic imine (C=N–C) groups is 1. The van der Waals surface area contributed by atoms with Crippen LogP contribution >= 0.6 is 0 Å². The van der Waals surface area contributed by atoms with Crippen molar-refractivity contribution in [3.8, 4) is 0 Å². The third-order valence-corrected chi connectivity index (χ3v) is 3.11. The van der Waals surface area contributed by atoms with Crippen LogP contribution in [-0.4, -0.2) is 40.5 Å². The van der Waals surface area contributed by atoms with E-state index in [4.69, 9.17) is 5.73 Å². The number of nitrogens with one attached hydrogen (secondary N) is 1. The van der Waals surface area contributed by atoms with Crippen LogP contribution in [0.2, 0.25) is 0 Å². The lowest BCUT2D eigenvalue weighted by molar-refractivity contribution is 0.0950. The topological polar surface area (TPSA) is 93.3 Å². The minimum Gasteiger partial charge on any atom is -0.405 e. The first kappa shape index (κ1) is 28.3. The summed E-state index contributed by atoms with van der Waals surface area (Å²) in [7, 11) is 0. The molecule has 0 aromatic carbocycles. The number of halogens is 2. The molecule has 0 fully saturated rings. The van der Waals surface area contributed by atoms with Crippen molar-refractivity contribution < 1.29 is 13.6 Å². The van der Waals surface area contributed by atoms with Crippen LogP contribution in [0.3, 0.4) is 0 Å². The Bertz CT molecular complexity index is 694. The molecule has 0 aliphatic carbocycles. The molecule has 0 bridgehead atoms. The molecule has 6 nitrogen and oxygen atoms in total. The molecule has 3 N–H and O–H groups in total. The molecule has 162 valence electrons. The second-order valence-electron chi connectivity index (χ2n) is 5.77. The quantitative estimate of drug-likeness (QED) is 0.687. The van der Waals surface area contributed by atoms with Crippen LogP contribution in [0, 0.1) is 6.92 Å². The highest BCUT2D eigenvalue weighted by Crippen LogP contribution is 2.15. The molecule has 1 heterocycles. The van der Waals surface area contributed by atoms with Gasteiger partial charge in [0.2, 0.25) is 0 Å². The van der Waals surface area contributed by atoms with Gasteiger partial charge in [-0.2, -0.15) is 0 Å².